The lowest BCUT2D eigenvalue weighted by atomic mass is 9.90. The molecule has 1 aromatic rings. The van der Waals surface area contributed by atoms with Crippen LogP contribution in [0, 0.1) is 0 Å². The van der Waals surface area contributed by atoms with Crippen LogP contribution in [0.3, 0.4) is 0 Å². The standard InChI is InChI=1S/C12H11F3N2O3S/c13-12(14,15)21(19,20)17-7-3-6-11(17)8-4-1-2-5-9(8)16-10(11)18/h1-2,4-5H,3,6-7H2,(H,16,18). The van der Waals surface area contributed by atoms with Crippen LogP contribution in [-0.2, 0) is 20.4 Å². The summed E-state index contributed by atoms with van der Waals surface area (Å²) in [5, 5.41) is 2.47. The number of fused-ring (bicyclic) bond motifs is 2. The van der Waals surface area contributed by atoms with Gasteiger partial charge >= 0.3 is 15.5 Å². The average Bonchev–Trinajstić information content (AvgIpc) is 2.94. The van der Waals surface area contributed by atoms with Gasteiger partial charge in [-0.25, -0.2) is 8.42 Å². The maximum atomic E-state index is 12.9. The molecular formula is C12H11F3N2O3S. The molecular weight excluding hydrogens is 309 g/mol. The van der Waals surface area contributed by atoms with Crippen LogP contribution in [-0.4, -0.2) is 30.7 Å². The minimum absolute atomic E-state index is 0.0329. The van der Waals surface area contributed by atoms with Crippen LogP contribution in [0.15, 0.2) is 24.3 Å². The van der Waals surface area contributed by atoms with E-state index in [0.717, 1.165) is 0 Å². The van der Waals surface area contributed by atoms with Crippen molar-refractivity contribution >= 4 is 21.6 Å². The molecule has 1 saturated heterocycles. The van der Waals surface area contributed by atoms with Crippen molar-refractivity contribution in [3.8, 4) is 0 Å². The summed E-state index contributed by atoms with van der Waals surface area (Å²) in [4.78, 5) is 12.3. The molecule has 2 aliphatic heterocycles. The van der Waals surface area contributed by atoms with Gasteiger partial charge in [-0.3, -0.25) is 4.79 Å². The van der Waals surface area contributed by atoms with E-state index < -0.39 is 27.0 Å². The Bertz CT molecular complexity index is 717. The number of benzene rings is 1. The Hall–Kier alpha value is -1.61. The maximum absolute atomic E-state index is 12.9. The van der Waals surface area contributed by atoms with Crippen molar-refractivity contribution in [1.82, 2.24) is 4.31 Å². The molecule has 1 atom stereocenters. The van der Waals surface area contributed by atoms with Gasteiger partial charge in [-0.15, -0.1) is 0 Å². The van der Waals surface area contributed by atoms with Gasteiger partial charge in [-0.1, -0.05) is 18.2 Å². The first-order chi connectivity index (χ1) is 9.71. The number of sulfonamides is 1. The van der Waals surface area contributed by atoms with Crippen molar-refractivity contribution < 1.29 is 26.4 Å². The Morgan fingerprint density at radius 2 is 1.90 bits per heavy atom. The molecule has 1 aromatic carbocycles. The number of para-hydroxylation sites is 1. The highest BCUT2D eigenvalue weighted by atomic mass is 32.2. The van der Waals surface area contributed by atoms with E-state index >= 15 is 0 Å². The third-order valence-corrected chi connectivity index (χ3v) is 5.56. The first-order valence-corrected chi connectivity index (χ1v) is 7.65. The van der Waals surface area contributed by atoms with E-state index in [9.17, 15) is 26.4 Å². The second-order valence-corrected chi connectivity index (χ2v) is 6.84. The lowest BCUT2D eigenvalue weighted by Crippen LogP contribution is -2.53. The Morgan fingerprint density at radius 1 is 1.24 bits per heavy atom. The first kappa shape index (κ1) is 14.3. The van der Waals surface area contributed by atoms with E-state index in [1.165, 1.54) is 6.07 Å². The smallest absolute Gasteiger partial charge is 0.324 e. The molecule has 1 spiro atoms. The number of anilines is 1. The fourth-order valence-electron chi connectivity index (χ4n) is 3.04. The second kappa shape index (κ2) is 4.20. The number of hydrogen-bond acceptors (Lipinski definition) is 3. The van der Waals surface area contributed by atoms with Gasteiger partial charge in [-0.05, 0) is 18.9 Å². The molecule has 0 saturated carbocycles. The van der Waals surface area contributed by atoms with Gasteiger partial charge in [0.05, 0.1) is 0 Å². The molecule has 1 unspecified atom stereocenters. The zero-order valence-corrected chi connectivity index (χ0v) is 11.5. The Balaban J connectivity index is 2.20. The molecule has 0 aromatic heterocycles. The predicted molar refractivity (Wildman–Crippen MR) is 67.7 cm³/mol. The van der Waals surface area contributed by atoms with Gasteiger partial charge in [0.1, 0.15) is 5.54 Å². The Kier molecular flexibility index (Phi) is 2.87. The topological polar surface area (TPSA) is 66.5 Å². The summed E-state index contributed by atoms with van der Waals surface area (Å²) < 4.78 is 62.5. The monoisotopic (exact) mass is 320 g/mol. The van der Waals surface area contributed by atoms with Crippen LogP contribution in [0.1, 0.15) is 18.4 Å². The third kappa shape index (κ3) is 1.73. The lowest BCUT2D eigenvalue weighted by molar-refractivity contribution is -0.124. The molecule has 1 amide bonds. The molecule has 5 nitrogen and oxygen atoms in total. The van der Waals surface area contributed by atoms with Crippen LogP contribution < -0.4 is 5.32 Å². The van der Waals surface area contributed by atoms with Crippen molar-refractivity contribution in [1.29, 1.82) is 0 Å². The third-order valence-electron chi connectivity index (χ3n) is 3.90. The molecule has 0 aliphatic carbocycles. The largest absolute Gasteiger partial charge is 0.511 e. The van der Waals surface area contributed by atoms with Crippen LogP contribution in [0.5, 0.6) is 0 Å². The maximum Gasteiger partial charge on any atom is 0.511 e. The fourth-order valence-corrected chi connectivity index (χ4v) is 4.34. The van der Waals surface area contributed by atoms with Crippen molar-refractivity contribution in [2.75, 3.05) is 11.9 Å². The summed E-state index contributed by atoms with van der Waals surface area (Å²) in [7, 11) is -5.57. The van der Waals surface area contributed by atoms with Crippen molar-refractivity contribution in [2.45, 2.75) is 23.9 Å². The van der Waals surface area contributed by atoms with Crippen molar-refractivity contribution in [2.24, 2.45) is 0 Å². The summed E-state index contributed by atoms with van der Waals surface area (Å²) in [5.74, 6) is -0.728. The lowest BCUT2D eigenvalue weighted by Gasteiger charge is -2.32. The van der Waals surface area contributed by atoms with Gasteiger partial charge in [0.25, 0.3) is 5.91 Å². The van der Waals surface area contributed by atoms with Crippen LogP contribution in [0.2, 0.25) is 0 Å². The molecule has 2 heterocycles. The van der Waals surface area contributed by atoms with E-state index in [1.54, 1.807) is 18.2 Å². The van der Waals surface area contributed by atoms with Crippen molar-refractivity contribution in [3.05, 3.63) is 29.8 Å². The number of nitrogens with one attached hydrogen (secondary N) is 1. The van der Waals surface area contributed by atoms with E-state index in [0.29, 0.717) is 9.99 Å². The molecule has 9 heteroatoms. The minimum atomic E-state index is -5.57. The SMILES string of the molecule is O=C1Nc2ccccc2C12CCCN2S(=O)(=O)C(F)(F)F. The van der Waals surface area contributed by atoms with E-state index in [2.05, 4.69) is 5.32 Å². The molecule has 0 radical (unpaired) electrons. The van der Waals surface area contributed by atoms with Crippen LogP contribution in [0.4, 0.5) is 18.9 Å². The summed E-state index contributed by atoms with van der Waals surface area (Å²) in [6.45, 7) is -0.330. The number of nitrogens with zero attached hydrogens (tertiary/aromatic N) is 1. The zero-order valence-electron chi connectivity index (χ0n) is 10.6. The number of hydrogen-bond donors (Lipinski definition) is 1. The molecule has 21 heavy (non-hydrogen) atoms. The number of alkyl halides is 3. The van der Waals surface area contributed by atoms with Gasteiger partial charge < -0.3 is 5.32 Å². The number of amides is 1. The number of rotatable bonds is 1. The highest BCUT2D eigenvalue weighted by molar-refractivity contribution is 7.90. The van der Waals surface area contributed by atoms with Crippen LogP contribution in [0.25, 0.3) is 0 Å². The number of halogens is 3. The van der Waals surface area contributed by atoms with E-state index in [1.807, 2.05) is 0 Å². The molecule has 1 N–H and O–H groups in total. The van der Waals surface area contributed by atoms with Gasteiger partial charge in [0.15, 0.2) is 0 Å². The molecule has 3 rings (SSSR count). The Labute approximate surface area is 118 Å². The van der Waals surface area contributed by atoms with Crippen LogP contribution >= 0.6 is 0 Å². The molecule has 114 valence electrons. The average molecular weight is 320 g/mol. The molecule has 2 aliphatic rings. The number of carbonyl (C=O) groups is 1. The first-order valence-electron chi connectivity index (χ1n) is 6.21. The highest BCUT2D eigenvalue weighted by Crippen LogP contribution is 2.50. The highest BCUT2D eigenvalue weighted by Gasteiger charge is 2.63. The minimum Gasteiger partial charge on any atom is -0.324 e. The fraction of sp³-hybridized carbons (Fsp3) is 0.417. The zero-order chi connectivity index (χ0) is 15.5. The van der Waals surface area contributed by atoms with Gasteiger partial charge in [0, 0.05) is 17.8 Å². The molecule has 0 bridgehead atoms. The number of carbonyl (C=O) groups excluding carboxylic acids is 1. The van der Waals surface area contributed by atoms with Gasteiger partial charge in [0.2, 0.25) is 0 Å². The van der Waals surface area contributed by atoms with Gasteiger partial charge in [-0.2, -0.15) is 17.5 Å². The summed E-state index contributed by atoms with van der Waals surface area (Å²) in [6.07, 6.45) is 0.224. The predicted octanol–water partition coefficient (Wildman–Crippen LogP) is 1.78. The summed E-state index contributed by atoms with van der Waals surface area (Å²) in [6, 6.07) is 6.21. The quantitative estimate of drug-likeness (QED) is 0.858. The Morgan fingerprint density at radius 3 is 2.57 bits per heavy atom. The summed E-state index contributed by atoms with van der Waals surface area (Å²) >= 11 is 0. The summed E-state index contributed by atoms with van der Waals surface area (Å²) in [5.41, 5.74) is -6.58. The second-order valence-electron chi connectivity index (χ2n) is 4.99. The van der Waals surface area contributed by atoms with Crippen molar-refractivity contribution in [3.63, 3.8) is 0 Å². The van der Waals surface area contributed by atoms with E-state index in [4.69, 9.17) is 0 Å². The normalized spacial score (nSPS) is 26.1. The molecule has 1 fully saturated rings. The van der Waals surface area contributed by atoms with E-state index in [-0.39, 0.29) is 24.9 Å².